The summed E-state index contributed by atoms with van der Waals surface area (Å²) in [6.45, 7) is 1.89. The van der Waals surface area contributed by atoms with Crippen molar-refractivity contribution >= 4 is 11.7 Å². The Hall–Kier alpha value is -3.57. The van der Waals surface area contributed by atoms with E-state index in [0.717, 1.165) is 5.56 Å². The molecule has 4 rings (SSSR count). The maximum atomic E-state index is 14.6. The Balaban J connectivity index is 1.59. The van der Waals surface area contributed by atoms with Crippen molar-refractivity contribution in [1.82, 2.24) is 14.5 Å². The van der Waals surface area contributed by atoms with Crippen LogP contribution in [0.25, 0.3) is 0 Å². The van der Waals surface area contributed by atoms with Gasteiger partial charge in [-0.05, 0) is 36.8 Å². The van der Waals surface area contributed by atoms with Gasteiger partial charge in [0.1, 0.15) is 17.2 Å². The molecule has 0 fully saturated rings. The molecule has 2 N–H and O–H groups in total. The molecule has 2 aromatic heterocycles. The lowest BCUT2D eigenvalue weighted by Crippen LogP contribution is -2.30. The van der Waals surface area contributed by atoms with E-state index in [1.54, 1.807) is 16.8 Å². The van der Waals surface area contributed by atoms with Crippen molar-refractivity contribution in [2.45, 2.75) is 31.4 Å². The fourth-order valence-electron chi connectivity index (χ4n) is 3.78. The summed E-state index contributed by atoms with van der Waals surface area (Å²) in [5.74, 6) is -0.537. The first-order valence-electron chi connectivity index (χ1n) is 9.06. The van der Waals surface area contributed by atoms with Gasteiger partial charge in [-0.3, -0.25) is 4.79 Å². The highest BCUT2D eigenvalue weighted by Crippen LogP contribution is 2.45. The molecule has 0 radical (unpaired) electrons. The number of fused-ring (bicyclic) bond motifs is 1. The second-order valence-corrected chi connectivity index (χ2v) is 7.23. The van der Waals surface area contributed by atoms with E-state index in [1.807, 2.05) is 19.1 Å². The van der Waals surface area contributed by atoms with Crippen LogP contribution in [0.5, 0.6) is 0 Å². The van der Waals surface area contributed by atoms with Crippen LogP contribution in [0.4, 0.5) is 10.2 Å². The molecular formula is C21H18FN5O2. The first kappa shape index (κ1) is 18.8. The molecule has 0 saturated carbocycles. The summed E-state index contributed by atoms with van der Waals surface area (Å²) < 4.78 is 16.2. The molecule has 1 aliphatic heterocycles. The van der Waals surface area contributed by atoms with Gasteiger partial charge in [-0.1, -0.05) is 6.07 Å². The largest absolute Gasteiger partial charge is 0.383 e. The molecule has 0 spiro atoms. The number of carbonyl (C=O) groups excluding carboxylic acids is 1. The number of imidazole rings is 1. The van der Waals surface area contributed by atoms with Crippen molar-refractivity contribution in [2.75, 3.05) is 5.32 Å². The van der Waals surface area contributed by atoms with Gasteiger partial charge in [-0.2, -0.15) is 5.26 Å². The molecule has 8 heteroatoms. The third kappa shape index (κ3) is 3.48. The van der Waals surface area contributed by atoms with E-state index in [1.165, 1.54) is 30.7 Å². The predicted molar refractivity (Wildman–Crippen MR) is 102 cm³/mol. The molecule has 2 atom stereocenters. The molecule has 3 aromatic rings. The zero-order chi connectivity index (χ0) is 20.6. The van der Waals surface area contributed by atoms with Crippen molar-refractivity contribution in [1.29, 1.82) is 5.26 Å². The molecule has 1 aliphatic rings. The summed E-state index contributed by atoms with van der Waals surface area (Å²) in [4.78, 5) is 20.7. The van der Waals surface area contributed by atoms with Crippen molar-refractivity contribution in [3.05, 3.63) is 77.3 Å². The number of carbonyl (C=O) groups is 1. The number of benzene rings is 1. The van der Waals surface area contributed by atoms with Gasteiger partial charge in [-0.15, -0.1) is 0 Å². The van der Waals surface area contributed by atoms with Crippen molar-refractivity contribution < 1.29 is 14.3 Å². The van der Waals surface area contributed by atoms with Crippen LogP contribution in [-0.2, 0) is 10.4 Å². The number of nitrogens with zero attached hydrogens (tertiary/aromatic N) is 4. The number of pyridine rings is 1. The second-order valence-electron chi connectivity index (χ2n) is 7.23. The zero-order valence-corrected chi connectivity index (χ0v) is 15.6. The van der Waals surface area contributed by atoms with Crippen LogP contribution in [0.3, 0.4) is 0 Å². The van der Waals surface area contributed by atoms with E-state index >= 15 is 0 Å². The number of aromatic nitrogens is 3. The van der Waals surface area contributed by atoms with E-state index in [4.69, 9.17) is 5.26 Å². The first-order valence-corrected chi connectivity index (χ1v) is 9.06. The normalized spacial score (nSPS) is 20.1. The molecule has 1 amide bonds. The summed E-state index contributed by atoms with van der Waals surface area (Å²) in [5.41, 5.74) is 0.438. The number of hydrogen-bond acceptors (Lipinski definition) is 5. The van der Waals surface area contributed by atoms with Gasteiger partial charge >= 0.3 is 0 Å². The average Bonchev–Trinajstić information content (AvgIpc) is 3.25. The number of hydrogen-bond donors (Lipinski definition) is 2. The maximum Gasteiger partial charge on any atom is 0.228 e. The van der Waals surface area contributed by atoms with Gasteiger partial charge in [0.25, 0.3) is 0 Å². The Bertz CT molecular complexity index is 1140. The maximum absolute atomic E-state index is 14.6. The third-order valence-electron chi connectivity index (χ3n) is 5.13. The van der Waals surface area contributed by atoms with Gasteiger partial charge in [-0.25, -0.2) is 14.4 Å². The molecule has 1 aromatic carbocycles. The zero-order valence-electron chi connectivity index (χ0n) is 15.6. The van der Waals surface area contributed by atoms with E-state index in [0.29, 0.717) is 17.1 Å². The summed E-state index contributed by atoms with van der Waals surface area (Å²) in [5, 5.41) is 22.9. The summed E-state index contributed by atoms with van der Waals surface area (Å²) >= 11 is 0. The van der Waals surface area contributed by atoms with Gasteiger partial charge in [0.2, 0.25) is 5.91 Å². The summed E-state index contributed by atoms with van der Waals surface area (Å²) in [6.07, 6.45) is 4.48. The second kappa shape index (κ2) is 7.11. The number of anilines is 1. The average molecular weight is 391 g/mol. The van der Waals surface area contributed by atoms with E-state index in [2.05, 4.69) is 15.3 Å². The van der Waals surface area contributed by atoms with Gasteiger partial charge in [0.15, 0.2) is 0 Å². The minimum absolute atomic E-state index is 0.113. The molecule has 146 valence electrons. The van der Waals surface area contributed by atoms with Crippen molar-refractivity contribution in [3.8, 4) is 6.07 Å². The minimum Gasteiger partial charge on any atom is -0.383 e. The smallest absolute Gasteiger partial charge is 0.228 e. The quantitative estimate of drug-likeness (QED) is 0.712. The van der Waals surface area contributed by atoms with Crippen LogP contribution >= 0.6 is 0 Å². The standard InChI is InChI=1S/C21H18FN5O2/c1-13-4-5-25-19(6-13)26-20(28)9-21(29)8-17(27-12-24-11-18(21)27)15-3-2-14(10-23)7-16(15)22/h2-7,11-12,17,29H,8-9H2,1H3,(H,25,26,28)/t17-,21+/m1/s1. The monoisotopic (exact) mass is 391 g/mol. The molecule has 0 aliphatic carbocycles. The summed E-state index contributed by atoms with van der Waals surface area (Å²) in [7, 11) is 0. The van der Waals surface area contributed by atoms with Crippen molar-refractivity contribution in [2.24, 2.45) is 0 Å². The Labute approximate surface area is 166 Å². The van der Waals surface area contributed by atoms with Gasteiger partial charge in [0, 0.05) is 18.2 Å². The number of aliphatic hydroxyl groups is 1. The summed E-state index contributed by atoms with van der Waals surface area (Å²) in [6, 6.07) is 9.15. The Kier molecular flexibility index (Phi) is 4.60. The van der Waals surface area contributed by atoms with E-state index < -0.39 is 23.4 Å². The number of nitrogens with one attached hydrogen (secondary N) is 1. The highest BCUT2D eigenvalue weighted by molar-refractivity contribution is 5.90. The minimum atomic E-state index is -1.50. The molecular weight excluding hydrogens is 373 g/mol. The fraction of sp³-hybridized carbons (Fsp3) is 0.238. The van der Waals surface area contributed by atoms with Gasteiger partial charge < -0.3 is 15.0 Å². The molecule has 29 heavy (non-hydrogen) atoms. The number of amides is 1. The van der Waals surface area contributed by atoms with Gasteiger partial charge in [0.05, 0.1) is 42.3 Å². The highest BCUT2D eigenvalue weighted by Gasteiger charge is 2.45. The Morgan fingerprint density at radius 1 is 1.45 bits per heavy atom. The fourth-order valence-corrected chi connectivity index (χ4v) is 3.78. The van der Waals surface area contributed by atoms with Crippen LogP contribution in [0, 0.1) is 24.1 Å². The van der Waals surface area contributed by atoms with Crippen LogP contribution in [0.1, 0.15) is 41.3 Å². The Morgan fingerprint density at radius 3 is 3.00 bits per heavy atom. The third-order valence-corrected chi connectivity index (χ3v) is 5.13. The SMILES string of the molecule is Cc1ccnc(NC(=O)C[C@@]2(O)C[C@H](c3ccc(C#N)cc3F)n3cncc32)c1. The highest BCUT2D eigenvalue weighted by atomic mass is 19.1. The first-order chi connectivity index (χ1) is 13.9. The number of aryl methyl sites for hydroxylation is 1. The van der Waals surface area contributed by atoms with Crippen LogP contribution in [-0.4, -0.2) is 25.5 Å². The molecule has 0 unspecified atom stereocenters. The van der Waals surface area contributed by atoms with E-state index in [-0.39, 0.29) is 18.4 Å². The Morgan fingerprint density at radius 2 is 2.28 bits per heavy atom. The van der Waals surface area contributed by atoms with Crippen LogP contribution < -0.4 is 5.32 Å². The van der Waals surface area contributed by atoms with Crippen molar-refractivity contribution in [3.63, 3.8) is 0 Å². The number of rotatable bonds is 4. The lowest BCUT2D eigenvalue weighted by molar-refractivity contribution is -0.121. The number of nitriles is 1. The molecule has 7 nitrogen and oxygen atoms in total. The van der Waals surface area contributed by atoms with E-state index in [9.17, 15) is 14.3 Å². The molecule has 0 bridgehead atoms. The van der Waals surface area contributed by atoms with Crippen LogP contribution in [0.15, 0.2) is 49.1 Å². The van der Waals surface area contributed by atoms with Crippen LogP contribution in [0.2, 0.25) is 0 Å². The lowest BCUT2D eigenvalue weighted by Gasteiger charge is -2.22. The molecule has 3 heterocycles. The lowest BCUT2D eigenvalue weighted by atomic mass is 9.90. The topological polar surface area (TPSA) is 104 Å². The number of halogens is 1. The molecule has 0 saturated heterocycles. The predicted octanol–water partition coefficient (Wildman–Crippen LogP) is 2.81.